The fourth-order valence-corrected chi connectivity index (χ4v) is 2.00. The molecule has 0 aliphatic rings. The first-order valence-electron chi connectivity index (χ1n) is 6.59. The van der Waals surface area contributed by atoms with Gasteiger partial charge in [-0.25, -0.2) is 9.78 Å². The zero-order valence-electron chi connectivity index (χ0n) is 11.8. The van der Waals surface area contributed by atoms with Crippen LogP contribution in [-0.2, 0) is 11.2 Å². The molecule has 1 heterocycles. The molecular weight excluding hydrogens is 280 g/mol. The molecule has 1 aromatic rings. The predicted octanol–water partition coefficient (Wildman–Crippen LogP) is 2.53. The molecule has 20 heavy (non-hydrogen) atoms. The molecule has 5 nitrogen and oxygen atoms in total. The van der Waals surface area contributed by atoms with Crippen LogP contribution in [-0.4, -0.2) is 28.0 Å². The lowest BCUT2D eigenvalue weighted by Gasteiger charge is -2.20. The smallest absolute Gasteiger partial charge is 0.326 e. The van der Waals surface area contributed by atoms with Crippen molar-refractivity contribution in [2.75, 3.05) is 0 Å². The number of carbonyl (C=O) groups is 2. The molecule has 0 fully saturated rings. The summed E-state index contributed by atoms with van der Waals surface area (Å²) in [5.74, 6) is -1.64. The lowest BCUT2D eigenvalue weighted by Crippen LogP contribution is -2.45. The Morgan fingerprint density at radius 1 is 1.40 bits per heavy atom. The number of hydrogen-bond acceptors (Lipinski definition) is 3. The lowest BCUT2D eigenvalue weighted by atomic mass is 9.99. The van der Waals surface area contributed by atoms with E-state index in [1.165, 1.54) is 6.07 Å². The van der Waals surface area contributed by atoms with Crippen molar-refractivity contribution in [2.45, 2.75) is 39.7 Å². The first-order valence-corrected chi connectivity index (χ1v) is 6.96. The van der Waals surface area contributed by atoms with Crippen LogP contribution in [0.1, 0.15) is 43.2 Å². The maximum Gasteiger partial charge on any atom is 0.326 e. The fraction of sp³-hybridized carbons (Fsp3) is 0.500. The highest BCUT2D eigenvalue weighted by atomic mass is 35.5. The zero-order valence-corrected chi connectivity index (χ0v) is 12.6. The molecule has 1 aromatic heterocycles. The minimum Gasteiger partial charge on any atom is -0.480 e. The normalized spacial score (nSPS) is 13.6. The first kappa shape index (κ1) is 16.4. The summed E-state index contributed by atoms with van der Waals surface area (Å²) in [5.41, 5.74) is 1.02. The molecule has 110 valence electrons. The summed E-state index contributed by atoms with van der Waals surface area (Å²) in [6, 6.07) is 2.15. The monoisotopic (exact) mass is 298 g/mol. The number of amides is 1. The number of carboxylic acids is 1. The summed E-state index contributed by atoms with van der Waals surface area (Å²) in [7, 11) is 0. The summed E-state index contributed by atoms with van der Waals surface area (Å²) in [6.07, 6.45) is 1.31. The number of pyridine rings is 1. The second-order valence-electron chi connectivity index (χ2n) is 4.70. The van der Waals surface area contributed by atoms with E-state index in [9.17, 15) is 14.7 Å². The molecule has 0 radical (unpaired) electrons. The van der Waals surface area contributed by atoms with Crippen molar-refractivity contribution in [1.82, 2.24) is 10.3 Å². The number of rotatable bonds is 6. The van der Waals surface area contributed by atoms with Crippen LogP contribution in [0.5, 0.6) is 0 Å². The molecular formula is C14H19ClN2O3. The third kappa shape index (κ3) is 4.20. The average molecular weight is 299 g/mol. The Morgan fingerprint density at radius 2 is 2.05 bits per heavy atom. The maximum absolute atomic E-state index is 12.1. The summed E-state index contributed by atoms with van der Waals surface area (Å²) in [6.45, 7) is 5.57. The second kappa shape index (κ2) is 7.24. The van der Waals surface area contributed by atoms with E-state index >= 15 is 0 Å². The standard InChI is InChI=1S/C14H19ClN2O3/c1-4-8(3)12(14(19)20)17-13(18)9-6-10(5-2)16-11(15)7-9/h6-8,12H,4-5H2,1-3H3,(H,17,18)(H,19,20)/t8-,12-/m0/s1. The van der Waals surface area contributed by atoms with Crippen LogP contribution in [0, 0.1) is 5.92 Å². The average Bonchev–Trinajstić information content (AvgIpc) is 2.42. The van der Waals surface area contributed by atoms with Gasteiger partial charge in [-0.1, -0.05) is 38.8 Å². The number of nitrogens with zero attached hydrogens (tertiary/aromatic N) is 1. The summed E-state index contributed by atoms with van der Waals surface area (Å²) in [4.78, 5) is 27.4. The van der Waals surface area contributed by atoms with E-state index in [4.69, 9.17) is 11.6 Å². The highest BCUT2D eigenvalue weighted by molar-refractivity contribution is 6.29. The van der Waals surface area contributed by atoms with Crippen LogP contribution in [0.15, 0.2) is 12.1 Å². The highest BCUT2D eigenvalue weighted by Crippen LogP contribution is 2.13. The van der Waals surface area contributed by atoms with E-state index in [0.717, 1.165) is 0 Å². The van der Waals surface area contributed by atoms with Crippen molar-refractivity contribution in [3.63, 3.8) is 0 Å². The molecule has 0 bridgehead atoms. The molecule has 6 heteroatoms. The molecule has 0 aromatic carbocycles. The number of carboxylic acid groups (broad SMARTS) is 1. The van der Waals surface area contributed by atoms with Crippen LogP contribution in [0.25, 0.3) is 0 Å². The van der Waals surface area contributed by atoms with Crippen molar-refractivity contribution >= 4 is 23.5 Å². The highest BCUT2D eigenvalue weighted by Gasteiger charge is 2.25. The van der Waals surface area contributed by atoms with Crippen molar-refractivity contribution in [2.24, 2.45) is 5.92 Å². The van der Waals surface area contributed by atoms with Crippen LogP contribution < -0.4 is 5.32 Å². The van der Waals surface area contributed by atoms with Gasteiger partial charge in [0.05, 0.1) is 0 Å². The number of aromatic nitrogens is 1. The van der Waals surface area contributed by atoms with Crippen LogP contribution in [0.4, 0.5) is 0 Å². The fourth-order valence-electron chi connectivity index (χ4n) is 1.77. The number of aryl methyl sites for hydroxylation is 1. The van der Waals surface area contributed by atoms with E-state index < -0.39 is 17.9 Å². The number of hydrogen-bond donors (Lipinski definition) is 2. The van der Waals surface area contributed by atoms with Gasteiger partial charge in [-0.2, -0.15) is 0 Å². The molecule has 0 saturated carbocycles. The number of aliphatic carboxylic acids is 1. The third-order valence-corrected chi connectivity index (χ3v) is 3.43. The Hall–Kier alpha value is -1.62. The van der Waals surface area contributed by atoms with E-state index in [1.807, 2.05) is 13.8 Å². The van der Waals surface area contributed by atoms with Crippen molar-refractivity contribution in [1.29, 1.82) is 0 Å². The molecule has 0 saturated heterocycles. The van der Waals surface area contributed by atoms with Gasteiger partial charge in [0.1, 0.15) is 11.2 Å². The second-order valence-corrected chi connectivity index (χ2v) is 5.09. The van der Waals surface area contributed by atoms with E-state index in [-0.39, 0.29) is 11.1 Å². The van der Waals surface area contributed by atoms with E-state index in [1.54, 1.807) is 13.0 Å². The Morgan fingerprint density at radius 3 is 2.55 bits per heavy atom. The van der Waals surface area contributed by atoms with Crippen molar-refractivity contribution in [3.05, 3.63) is 28.5 Å². The van der Waals surface area contributed by atoms with Gasteiger partial charge >= 0.3 is 5.97 Å². The number of nitrogens with one attached hydrogen (secondary N) is 1. The third-order valence-electron chi connectivity index (χ3n) is 3.24. The van der Waals surface area contributed by atoms with Gasteiger partial charge in [-0.05, 0) is 24.5 Å². The molecule has 0 aliphatic heterocycles. The zero-order chi connectivity index (χ0) is 15.3. The summed E-state index contributed by atoms with van der Waals surface area (Å²) in [5, 5.41) is 11.9. The summed E-state index contributed by atoms with van der Waals surface area (Å²) < 4.78 is 0. The predicted molar refractivity (Wildman–Crippen MR) is 77.0 cm³/mol. The molecule has 0 unspecified atom stereocenters. The molecule has 1 amide bonds. The van der Waals surface area contributed by atoms with Crippen LogP contribution >= 0.6 is 11.6 Å². The molecule has 2 N–H and O–H groups in total. The van der Waals surface area contributed by atoms with Gasteiger partial charge < -0.3 is 10.4 Å². The Kier molecular flexibility index (Phi) is 5.95. The van der Waals surface area contributed by atoms with Gasteiger partial charge in [-0.3, -0.25) is 4.79 Å². The molecule has 1 rings (SSSR count). The first-order chi connectivity index (χ1) is 9.38. The van der Waals surface area contributed by atoms with Gasteiger partial charge in [0, 0.05) is 11.3 Å². The van der Waals surface area contributed by atoms with Crippen molar-refractivity contribution in [3.8, 4) is 0 Å². The molecule has 2 atom stereocenters. The molecule has 0 aliphatic carbocycles. The lowest BCUT2D eigenvalue weighted by molar-refractivity contribution is -0.140. The van der Waals surface area contributed by atoms with Gasteiger partial charge in [0.25, 0.3) is 5.91 Å². The minimum atomic E-state index is -1.04. The topological polar surface area (TPSA) is 79.3 Å². The van der Waals surface area contributed by atoms with E-state index in [0.29, 0.717) is 24.1 Å². The van der Waals surface area contributed by atoms with Crippen LogP contribution in [0.3, 0.4) is 0 Å². The van der Waals surface area contributed by atoms with Gasteiger partial charge in [-0.15, -0.1) is 0 Å². The number of halogens is 1. The van der Waals surface area contributed by atoms with E-state index in [2.05, 4.69) is 10.3 Å². The minimum absolute atomic E-state index is 0.153. The quantitative estimate of drug-likeness (QED) is 0.791. The Bertz CT molecular complexity index is 505. The van der Waals surface area contributed by atoms with Crippen molar-refractivity contribution < 1.29 is 14.7 Å². The Balaban J connectivity index is 2.94. The SMILES string of the molecule is CCc1cc(C(=O)N[C@H](C(=O)O)[C@@H](C)CC)cc(Cl)n1. The molecule has 0 spiro atoms. The Labute approximate surface area is 123 Å². The maximum atomic E-state index is 12.1. The van der Waals surface area contributed by atoms with Gasteiger partial charge in [0.2, 0.25) is 0 Å². The summed E-state index contributed by atoms with van der Waals surface area (Å²) >= 11 is 5.85. The van der Waals surface area contributed by atoms with Crippen LogP contribution in [0.2, 0.25) is 5.15 Å². The number of carbonyl (C=O) groups excluding carboxylic acids is 1. The largest absolute Gasteiger partial charge is 0.480 e. The van der Waals surface area contributed by atoms with Gasteiger partial charge in [0.15, 0.2) is 0 Å².